The summed E-state index contributed by atoms with van der Waals surface area (Å²) in [5.41, 5.74) is 1.18. The lowest BCUT2D eigenvalue weighted by Crippen LogP contribution is -2.29. The second kappa shape index (κ2) is 17.1. The topological polar surface area (TPSA) is 190 Å². The fourth-order valence-electron chi connectivity index (χ4n) is 4.15. The molecule has 7 aromatic rings. The summed E-state index contributed by atoms with van der Waals surface area (Å²) in [6.45, 7) is 6.35. The molecule has 2 N–H and O–H groups in total. The molecule has 0 saturated carbocycles. The molecule has 0 bridgehead atoms. The van der Waals surface area contributed by atoms with Gasteiger partial charge in [0.05, 0.1) is 6.04 Å². The van der Waals surface area contributed by atoms with Crippen molar-refractivity contribution in [1.82, 2.24) is 67.4 Å². The van der Waals surface area contributed by atoms with Gasteiger partial charge in [-0.1, -0.05) is 6.07 Å². The van der Waals surface area contributed by atoms with Gasteiger partial charge in [-0.2, -0.15) is 23.1 Å². The Labute approximate surface area is 302 Å². The van der Waals surface area contributed by atoms with E-state index in [0.29, 0.717) is 34.1 Å². The van der Waals surface area contributed by atoms with Crippen LogP contribution in [0.3, 0.4) is 0 Å². The van der Waals surface area contributed by atoms with E-state index in [1.807, 2.05) is 18.3 Å². The molecule has 1 aliphatic rings. The summed E-state index contributed by atoms with van der Waals surface area (Å²) < 4.78 is 28.7. The highest BCUT2D eigenvalue weighted by Gasteiger charge is 2.14. The first kappa shape index (κ1) is 34.9. The molecule has 0 spiro atoms. The number of ether oxygens (including phenoxy) is 2. The average Bonchev–Trinajstić information content (AvgIpc) is 3.98. The molecule has 0 fully saturated rings. The van der Waals surface area contributed by atoms with Gasteiger partial charge in [0.2, 0.25) is 29.1 Å². The van der Waals surface area contributed by atoms with Crippen molar-refractivity contribution in [2.45, 2.75) is 26.4 Å². The first-order valence-electron chi connectivity index (χ1n) is 14.9. The van der Waals surface area contributed by atoms with Crippen LogP contribution in [0.2, 0.25) is 4.47 Å². The van der Waals surface area contributed by atoms with Gasteiger partial charge in [-0.3, -0.25) is 18.5 Å². The molecule has 0 radical (unpaired) electrons. The lowest BCUT2D eigenvalue weighted by atomic mass is 10.2. The molecule has 0 aliphatic carbocycles. The number of hydrogen-bond donors (Lipinski definition) is 2. The number of halogens is 1. The third kappa shape index (κ3) is 9.37. The van der Waals surface area contributed by atoms with Crippen molar-refractivity contribution >= 4 is 52.0 Å². The molecule has 17 nitrogen and oxygen atoms in total. The molecule has 50 heavy (non-hydrogen) atoms. The molecule has 8 rings (SSSR count). The van der Waals surface area contributed by atoms with Crippen molar-refractivity contribution in [2.75, 3.05) is 19.9 Å². The van der Waals surface area contributed by atoms with Crippen LogP contribution in [-0.2, 0) is 6.54 Å². The smallest absolute Gasteiger partial charge is 0.248 e. The predicted molar refractivity (Wildman–Crippen MR) is 187 cm³/mol. The third-order valence-electron chi connectivity index (χ3n) is 6.63. The van der Waals surface area contributed by atoms with Crippen molar-refractivity contribution in [3.63, 3.8) is 0 Å². The van der Waals surface area contributed by atoms with Crippen LogP contribution in [0.4, 0.5) is 0 Å². The van der Waals surface area contributed by atoms with E-state index in [2.05, 4.69) is 66.6 Å². The Bertz CT molecular complexity index is 2060. The van der Waals surface area contributed by atoms with E-state index in [-0.39, 0.29) is 11.8 Å². The highest BCUT2D eigenvalue weighted by molar-refractivity contribution is 7.10. The van der Waals surface area contributed by atoms with E-state index in [0.717, 1.165) is 59.2 Å². The van der Waals surface area contributed by atoms with Crippen LogP contribution in [0, 0.1) is 0 Å². The average molecular weight is 753 g/mol. The Hall–Kier alpha value is -4.99. The molecule has 6 aromatic heterocycles. The van der Waals surface area contributed by atoms with E-state index >= 15 is 0 Å². The summed E-state index contributed by atoms with van der Waals surface area (Å²) in [4.78, 5) is 35.2. The molecule has 1 unspecified atom stereocenters. The maximum Gasteiger partial charge on any atom is 0.248 e. The number of Topliss-reactive ketones (excluding diaryl/α,β-unsaturated/α-hetero) is 1. The Kier molecular flexibility index (Phi) is 11.9. The standard InChI is InChI=1S/C17H20N6O2S.C7H6N4OS.C5H3ClN4S/c1-12(16-21-17(22-26-16)23-7-6-19-10-23)20-5-4-18-9-13-2-3-14-15(8-13)25-11-24-14;1-5(12)6-9-7(10-13-6)11-3-2-8-4-11;6-4-8-5(9-11-4)10-2-1-7-3-10/h2-3,6-8,10,12,18,20H,4-5,9,11H2,1H3;2-4H,1H3;1-3H. The monoisotopic (exact) mass is 752 g/mol. The number of fused-ring (bicyclic) bond motifs is 1. The summed E-state index contributed by atoms with van der Waals surface area (Å²) >= 11 is 9.25. The molecular weight excluding hydrogens is 724 g/mol. The minimum absolute atomic E-state index is 0.0659. The predicted octanol–water partition coefficient (Wildman–Crippen LogP) is 4.20. The second-order valence-corrected chi connectivity index (χ2v) is 13.1. The third-order valence-corrected chi connectivity index (χ3v) is 9.11. The largest absolute Gasteiger partial charge is 0.454 e. The Morgan fingerprint density at radius 1 is 0.840 bits per heavy atom. The number of hydrogen-bond acceptors (Lipinski definition) is 17. The highest BCUT2D eigenvalue weighted by Crippen LogP contribution is 2.32. The fraction of sp³-hybridized carbons (Fsp3) is 0.241. The van der Waals surface area contributed by atoms with Gasteiger partial charge in [0, 0.05) is 75.3 Å². The van der Waals surface area contributed by atoms with Gasteiger partial charge in [-0.05, 0) is 59.3 Å². The molecule has 0 saturated heterocycles. The van der Waals surface area contributed by atoms with Gasteiger partial charge >= 0.3 is 0 Å². The van der Waals surface area contributed by atoms with Crippen LogP contribution in [-0.4, -0.2) is 82.4 Å². The lowest BCUT2D eigenvalue weighted by Gasteiger charge is -2.11. The summed E-state index contributed by atoms with van der Waals surface area (Å²) in [6, 6.07) is 6.17. The maximum absolute atomic E-state index is 10.9. The first-order chi connectivity index (χ1) is 24.4. The minimum Gasteiger partial charge on any atom is -0.454 e. The number of ketones is 1. The summed E-state index contributed by atoms with van der Waals surface area (Å²) in [5.74, 6) is 3.29. The molecule has 258 valence electrons. The molecular formula is C29H29ClN14O3S3. The van der Waals surface area contributed by atoms with Gasteiger partial charge in [-0.25, -0.2) is 19.9 Å². The zero-order valence-electron chi connectivity index (χ0n) is 26.5. The lowest BCUT2D eigenvalue weighted by molar-refractivity contribution is 0.101. The minimum atomic E-state index is -0.0659. The normalized spacial score (nSPS) is 12.1. The molecule has 1 aliphatic heterocycles. The number of carbonyl (C=O) groups excluding carboxylic acids is 1. The fourth-order valence-corrected chi connectivity index (χ4v) is 5.98. The number of aromatic nitrogens is 12. The van der Waals surface area contributed by atoms with Crippen molar-refractivity contribution in [3.8, 4) is 29.3 Å². The number of nitrogens with zero attached hydrogens (tertiary/aromatic N) is 12. The molecule has 1 aromatic carbocycles. The van der Waals surface area contributed by atoms with Crippen LogP contribution < -0.4 is 20.1 Å². The Morgan fingerprint density at radius 3 is 2.06 bits per heavy atom. The molecule has 7 heterocycles. The number of nitrogens with one attached hydrogen (secondary N) is 2. The van der Waals surface area contributed by atoms with E-state index in [4.69, 9.17) is 21.1 Å². The van der Waals surface area contributed by atoms with Gasteiger partial charge < -0.3 is 20.1 Å². The summed E-state index contributed by atoms with van der Waals surface area (Å²) in [6.07, 6.45) is 15.3. The van der Waals surface area contributed by atoms with E-state index in [1.165, 1.54) is 24.0 Å². The Balaban J connectivity index is 0.000000149. The maximum atomic E-state index is 10.9. The molecule has 0 amide bonds. The quantitative estimate of drug-likeness (QED) is 0.141. The summed E-state index contributed by atoms with van der Waals surface area (Å²) in [5, 5.41) is 8.27. The van der Waals surface area contributed by atoms with Gasteiger partial charge in [0.1, 0.15) is 24.0 Å². The van der Waals surface area contributed by atoms with Crippen LogP contribution in [0.25, 0.3) is 17.8 Å². The number of imidazole rings is 3. The van der Waals surface area contributed by atoms with Gasteiger partial charge in [0.25, 0.3) is 0 Å². The van der Waals surface area contributed by atoms with Crippen molar-refractivity contribution < 1.29 is 14.3 Å². The van der Waals surface area contributed by atoms with Crippen molar-refractivity contribution in [1.29, 1.82) is 0 Å². The van der Waals surface area contributed by atoms with Crippen LogP contribution in [0.1, 0.15) is 40.3 Å². The zero-order valence-corrected chi connectivity index (χ0v) is 29.7. The van der Waals surface area contributed by atoms with E-state index < -0.39 is 0 Å². The first-order valence-corrected chi connectivity index (χ1v) is 17.6. The molecule has 1 atom stereocenters. The van der Waals surface area contributed by atoms with Crippen molar-refractivity contribution in [3.05, 3.63) is 94.4 Å². The van der Waals surface area contributed by atoms with E-state index in [9.17, 15) is 4.79 Å². The highest BCUT2D eigenvalue weighted by atomic mass is 35.5. The Morgan fingerprint density at radius 2 is 1.46 bits per heavy atom. The number of rotatable bonds is 11. The molecule has 21 heteroatoms. The number of benzene rings is 1. The number of carbonyl (C=O) groups is 1. The zero-order chi connectivity index (χ0) is 34.7. The SMILES string of the molecule is CC(=O)c1nc(-n2ccnc2)ns1.CC(NCCNCc1ccc2c(c1)OCO2)c1nc(-n2ccnc2)ns1.Clc1nc(-n2ccnc2)ns1. The van der Waals surface area contributed by atoms with Crippen LogP contribution in [0.15, 0.2) is 74.4 Å². The van der Waals surface area contributed by atoms with E-state index in [1.54, 1.807) is 63.7 Å². The second-order valence-electron chi connectivity index (χ2n) is 10.2. The van der Waals surface area contributed by atoms with Gasteiger partial charge in [0.15, 0.2) is 22.3 Å². The van der Waals surface area contributed by atoms with Crippen LogP contribution in [0.5, 0.6) is 11.5 Å². The van der Waals surface area contributed by atoms with Crippen LogP contribution >= 0.6 is 46.2 Å². The van der Waals surface area contributed by atoms with Crippen molar-refractivity contribution in [2.24, 2.45) is 0 Å². The van der Waals surface area contributed by atoms with Gasteiger partial charge in [-0.15, -0.1) is 0 Å². The summed E-state index contributed by atoms with van der Waals surface area (Å²) in [7, 11) is 0.